The smallest absolute Gasteiger partial charge is 0.248 e. The zero-order chi connectivity index (χ0) is 13.0. The quantitative estimate of drug-likeness (QED) is 0.839. The van der Waals surface area contributed by atoms with E-state index in [1.165, 1.54) is 0 Å². The molecule has 18 heavy (non-hydrogen) atoms. The van der Waals surface area contributed by atoms with E-state index in [-0.39, 0.29) is 18.8 Å². The van der Waals surface area contributed by atoms with Crippen LogP contribution in [0, 0.1) is 5.92 Å². The van der Waals surface area contributed by atoms with Crippen molar-refractivity contribution in [3.63, 3.8) is 0 Å². The van der Waals surface area contributed by atoms with Gasteiger partial charge in [0.2, 0.25) is 5.92 Å². The predicted molar refractivity (Wildman–Crippen MR) is 70.0 cm³/mol. The van der Waals surface area contributed by atoms with Gasteiger partial charge in [0.15, 0.2) is 0 Å². The van der Waals surface area contributed by atoms with E-state index in [4.69, 9.17) is 0 Å². The molecule has 1 saturated carbocycles. The van der Waals surface area contributed by atoms with Crippen LogP contribution in [0.1, 0.15) is 45.4 Å². The Morgan fingerprint density at radius 3 is 2.89 bits per heavy atom. The van der Waals surface area contributed by atoms with Crippen LogP contribution in [0.15, 0.2) is 0 Å². The first-order valence-electron chi connectivity index (χ1n) is 7.42. The van der Waals surface area contributed by atoms with Gasteiger partial charge in [-0.05, 0) is 44.7 Å². The summed E-state index contributed by atoms with van der Waals surface area (Å²) in [4.78, 5) is 2.40. The highest BCUT2D eigenvalue weighted by Gasteiger charge is 2.36. The highest BCUT2D eigenvalue weighted by Crippen LogP contribution is 2.36. The first kappa shape index (κ1) is 14.2. The molecule has 1 N–H and O–H groups in total. The average molecular weight is 260 g/mol. The normalized spacial score (nSPS) is 34.2. The Labute approximate surface area is 109 Å². The van der Waals surface area contributed by atoms with E-state index in [0.717, 1.165) is 45.4 Å². The fourth-order valence-corrected chi connectivity index (χ4v) is 3.31. The van der Waals surface area contributed by atoms with Crippen molar-refractivity contribution >= 4 is 0 Å². The Balaban J connectivity index is 1.83. The summed E-state index contributed by atoms with van der Waals surface area (Å²) < 4.78 is 26.8. The number of halogens is 2. The number of nitrogens with one attached hydrogen (secondary N) is 1. The fourth-order valence-electron chi connectivity index (χ4n) is 3.31. The van der Waals surface area contributed by atoms with Crippen LogP contribution in [0.5, 0.6) is 0 Å². The predicted octanol–water partition coefficient (Wildman–Crippen LogP) is 2.89. The molecule has 0 spiro atoms. The minimum Gasteiger partial charge on any atom is -0.313 e. The van der Waals surface area contributed by atoms with Gasteiger partial charge in [-0.3, -0.25) is 0 Å². The fraction of sp³-hybridized carbons (Fsp3) is 1.00. The van der Waals surface area contributed by atoms with Crippen molar-refractivity contribution in [3.05, 3.63) is 0 Å². The maximum Gasteiger partial charge on any atom is 0.248 e. The van der Waals surface area contributed by atoms with Gasteiger partial charge in [0.05, 0.1) is 0 Å². The third kappa shape index (κ3) is 4.16. The zero-order valence-electron chi connectivity index (χ0n) is 11.4. The van der Waals surface area contributed by atoms with Gasteiger partial charge in [-0.15, -0.1) is 0 Å². The van der Waals surface area contributed by atoms with Crippen LogP contribution < -0.4 is 5.32 Å². The maximum atomic E-state index is 13.4. The molecule has 0 amide bonds. The second-order valence-electron chi connectivity index (χ2n) is 5.99. The van der Waals surface area contributed by atoms with E-state index < -0.39 is 5.92 Å². The van der Waals surface area contributed by atoms with Gasteiger partial charge in [-0.2, -0.15) is 0 Å². The summed E-state index contributed by atoms with van der Waals surface area (Å²) >= 11 is 0. The van der Waals surface area contributed by atoms with Crippen molar-refractivity contribution in [2.45, 2.75) is 57.4 Å². The van der Waals surface area contributed by atoms with Gasteiger partial charge in [-0.25, -0.2) is 8.78 Å². The van der Waals surface area contributed by atoms with Crippen molar-refractivity contribution in [3.8, 4) is 0 Å². The molecule has 0 bridgehead atoms. The molecule has 2 aliphatic rings. The van der Waals surface area contributed by atoms with Crippen molar-refractivity contribution in [1.82, 2.24) is 10.2 Å². The molecule has 0 aromatic heterocycles. The molecule has 0 aromatic carbocycles. The summed E-state index contributed by atoms with van der Waals surface area (Å²) in [6, 6.07) is 0.539. The highest BCUT2D eigenvalue weighted by molar-refractivity contribution is 4.83. The Morgan fingerprint density at radius 2 is 2.17 bits per heavy atom. The van der Waals surface area contributed by atoms with E-state index in [2.05, 4.69) is 17.1 Å². The Kier molecular flexibility index (Phi) is 4.96. The standard InChI is InChI=1S/C14H26F2N2/c1-2-13-11-18(8-4-7-17-13)10-12-5-3-6-14(15,16)9-12/h12-13,17H,2-11H2,1H3. The van der Waals surface area contributed by atoms with E-state index in [0.29, 0.717) is 12.5 Å². The number of hydrogen-bond donors (Lipinski definition) is 1. The summed E-state index contributed by atoms with van der Waals surface area (Å²) in [5, 5.41) is 3.52. The van der Waals surface area contributed by atoms with E-state index in [1.807, 2.05) is 0 Å². The molecule has 1 aliphatic carbocycles. The molecule has 2 fully saturated rings. The van der Waals surface area contributed by atoms with Gasteiger partial charge < -0.3 is 10.2 Å². The van der Waals surface area contributed by atoms with Crippen LogP contribution in [0.2, 0.25) is 0 Å². The van der Waals surface area contributed by atoms with Gasteiger partial charge in [-0.1, -0.05) is 6.92 Å². The largest absolute Gasteiger partial charge is 0.313 e. The van der Waals surface area contributed by atoms with E-state index in [9.17, 15) is 8.78 Å². The molecule has 0 radical (unpaired) electrons. The lowest BCUT2D eigenvalue weighted by Gasteiger charge is -2.33. The monoisotopic (exact) mass is 260 g/mol. The van der Waals surface area contributed by atoms with Crippen LogP contribution in [-0.4, -0.2) is 43.0 Å². The molecule has 0 aromatic rings. The summed E-state index contributed by atoms with van der Waals surface area (Å²) in [6.07, 6.45) is 4.14. The van der Waals surface area contributed by atoms with Crippen molar-refractivity contribution < 1.29 is 8.78 Å². The lowest BCUT2D eigenvalue weighted by Crippen LogP contribution is -2.41. The lowest BCUT2D eigenvalue weighted by molar-refractivity contribution is -0.0569. The molecular weight excluding hydrogens is 234 g/mol. The number of alkyl halides is 2. The van der Waals surface area contributed by atoms with Crippen molar-refractivity contribution in [2.75, 3.05) is 26.2 Å². The summed E-state index contributed by atoms with van der Waals surface area (Å²) in [5.41, 5.74) is 0. The van der Waals surface area contributed by atoms with Gasteiger partial charge >= 0.3 is 0 Å². The number of rotatable bonds is 3. The first-order valence-corrected chi connectivity index (χ1v) is 7.42. The van der Waals surface area contributed by atoms with Crippen LogP contribution in [0.4, 0.5) is 8.78 Å². The number of hydrogen-bond acceptors (Lipinski definition) is 2. The Bertz CT molecular complexity index is 258. The Morgan fingerprint density at radius 1 is 1.33 bits per heavy atom. The molecule has 2 nitrogen and oxygen atoms in total. The molecule has 2 rings (SSSR count). The molecule has 1 saturated heterocycles. The first-order chi connectivity index (χ1) is 8.59. The van der Waals surface area contributed by atoms with Crippen LogP contribution >= 0.6 is 0 Å². The second kappa shape index (κ2) is 6.29. The third-order valence-electron chi connectivity index (χ3n) is 4.31. The lowest BCUT2D eigenvalue weighted by atomic mass is 9.86. The third-order valence-corrected chi connectivity index (χ3v) is 4.31. The SMILES string of the molecule is CCC1CN(CC2CCCC(F)(F)C2)CCCN1. The van der Waals surface area contributed by atoms with Crippen molar-refractivity contribution in [1.29, 1.82) is 0 Å². The van der Waals surface area contributed by atoms with Gasteiger partial charge in [0.25, 0.3) is 0 Å². The minimum atomic E-state index is -2.41. The van der Waals surface area contributed by atoms with Gasteiger partial charge in [0.1, 0.15) is 0 Å². The van der Waals surface area contributed by atoms with Gasteiger partial charge in [0, 0.05) is 32.0 Å². The molecule has 2 atom stereocenters. The average Bonchev–Trinajstić information content (AvgIpc) is 2.53. The molecule has 1 aliphatic heterocycles. The van der Waals surface area contributed by atoms with E-state index in [1.54, 1.807) is 0 Å². The maximum absolute atomic E-state index is 13.4. The summed E-state index contributed by atoms with van der Waals surface area (Å²) in [7, 11) is 0. The topological polar surface area (TPSA) is 15.3 Å². The molecular formula is C14H26F2N2. The zero-order valence-corrected chi connectivity index (χ0v) is 11.4. The van der Waals surface area contributed by atoms with Crippen LogP contribution in [0.3, 0.4) is 0 Å². The van der Waals surface area contributed by atoms with Crippen LogP contribution in [-0.2, 0) is 0 Å². The molecule has 106 valence electrons. The van der Waals surface area contributed by atoms with Crippen molar-refractivity contribution in [2.24, 2.45) is 5.92 Å². The van der Waals surface area contributed by atoms with Crippen LogP contribution in [0.25, 0.3) is 0 Å². The Hall–Kier alpha value is -0.220. The molecule has 4 heteroatoms. The summed E-state index contributed by atoms with van der Waals surface area (Å²) in [6.45, 7) is 6.21. The second-order valence-corrected chi connectivity index (χ2v) is 5.99. The molecule has 1 heterocycles. The molecule has 2 unspecified atom stereocenters. The highest BCUT2D eigenvalue weighted by atomic mass is 19.3. The van der Waals surface area contributed by atoms with E-state index >= 15 is 0 Å². The summed E-state index contributed by atoms with van der Waals surface area (Å²) in [5.74, 6) is -2.21. The number of nitrogens with zero attached hydrogens (tertiary/aromatic N) is 1. The minimum absolute atomic E-state index is 0.0998.